The molecule has 0 aliphatic rings. The molecule has 0 aliphatic carbocycles. The van der Waals surface area contributed by atoms with Crippen molar-refractivity contribution >= 4 is 11.9 Å². The molecule has 0 aromatic heterocycles. The van der Waals surface area contributed by atoms with Crippen molar-refractivity contribution in [2.45, 2.75) is 277 Å². The van der Waals surface area contributed by atoms with E-state index in [0.717, 1.165) is 77.0 Å². The Bertz CT molecular complexity index is 1040. The van der Waals surface area contributed by atoms with Crippen LogP contribution in [0.5, 0.6) is 0 Å². The van der Waals surface area contributed by atoms with Gasteiger partial charge in [-0.05, 0) is 57.8 Å². The summed E-state index contributed by atoms with van der Waals surface area (Å²) < 4.78 is 5.91. The highest BCUT2D eigenvalue weighted by atomic mass is 16.5. The number of esters is 1. The molecule has 6 nitrogen and oxygen atoms in total. The molecule has 0 spiro atoms. The van der Waals surface area contributed by atoms with Gasteiger partial charge in [-0.1, -0.05) is 236 Å². The lowest BCUT2D eigenvalue weighted by Gasteiger charge is -2.24. The fourth-order valence-corrected chi connectivity index (χ4v) is 7.78. The van der Waals surface area contributed by atoms with Crippen LogP contribution in [-0.2, 0) is 14.3 Å². The molecule has 0 rings (SSSR count). The number of ether oxygens (including phenoxy) is 1. The highest BCUT2D eigenvalue weighted by molar-refractivity contribution is 5.77. The van der Waals surface area contributed by atoms with Crippen molar-refractivity contribution in [2.75, 3.05) is 6.61 Å². The smallest absolute Gasteiger partial charge is 0.306 e. The quantitative estimate of drug-likeness (QED) is 0.0322. The molecule has 60 heavy (non-hydrogen) atoms. The van der Waals surface area contributed by atoms with Crippen molar-refractivity contribution in [3.8, 4) is 0 Å². The van der Waals surface area contributed by atoms with E-state index in [1.807, 2.05) is 0 Å². The van der Waals surface area contributed by atoms with Gasteiger partial charge in [0.05, 0.1) is 25.2 Å². The van der Waals surface area contributed by atoms with Gasteiger partial charge in [-0.2, -0.15) is 0 Å². The standard InChI is InChI=1S/C54H99NO5/c1-4-7-10-13-16-19-22-24-26-27-29-32-35-38-41-44-47-54(59)60-50(45-42-39-36-33-31-28-25-23-20-17-14-11-8-5-2)48-53(58)55-51(49-56)52(57)46-43-40-37-34-30-21-18-15-12-9-6-3/h8,11,17,20,25,28,33,36,50-52,56-57H,4-7,9-10,12-16,18-19,21-24,26-27,29-32,34-35,37-49H2,1-3H3,(H,55,58)/b11-8+,20-17+,28-25+,36-33+. The van der Waals surface area contributed by atoms with Crippen molar-refractivity contribution in [2.24, 2.45) is 0 Å². The summed E-state index contributed by atoms with van der Waals surface area (Å²) in [6.07, 6.45) is 57.5. The minimum Gasteiger partial charge on any atom is -0.462 e. The van der Waals surface area contributed by atoms with E-state index in [0.29, 0.717) is 19.3 Å². The summed E-state index contributed by atoms with van der Waals surface area (Å²) in [5.41, 5.74) is 0. The van der Waals surface area contributed by atoms with E-state index in [-0.39, 0.29) is 24.9 Å². The van der Waals surface area contributed by atoms with Crippen LogP contribution >= 0.6 is 0 Å². The van der Waals surface area contributed by atoms with Gasteiger partial charge in [0.15, 0.2) is 0 Å². The molecule has 3 unspecified atom stereocenters. The van der Waals surface area contributed by atoms with Crippen LogP contribution < -0.4 is 5.32 Å². The lowest BCUT2D eigenvalue weighted by Crippen LogP contribution is -2.46. The Morgan fingerprint density at radius 2 is 0.900 bits per heavy atom. The average Bonchev–Trinajstić information content (AvgIpc) is 3.24. The number of hydrogen-bond donors (Lipinski definition) is 3. The van der Waals surface area contributed by atoms with Gasteiger partial charge >= 0.3 is 5.97 Å². The molecule has 0 aromatic carbocycles. The third kappa shape index (κ3) is 42.5. The van der Waals surface area contributed by atoms with Gasteiger partial charge in [0.2, 0.25) is 5.91 Å². The summed E-state index contributed by atoms with van der Waals surface area (Å²) in [6.45, 7) is 6.36. The van der Waals surface area contributed by atoms with Crippen LogP contribution in [-0.4, -0.2) is 46.9 Å². The van der Waals surface area contributed by atoms with Gasteiger partial charge in [-0.3, -0.25) is 9.59 Å². The number of nitrogens with one attached hydrogen (secondary N) is 1. The Hall–Kier alpha value is -2.18. The summed E-state index contributed by atoms with van der Waals surface area (Å²) in [4.78, 5) is 26.1. The zero-order valence-electron chi connectivity index (χ0n) is 39.8. The summed E-state index contributed by atoms with van der Waals surface area (Å²) >= 11 is 0. The van der Waals surface area contributed by atoms with Gasteiger partial charge in [0.1, 0.15) is 6.10 Å². The van der Waals surface area contributed by atoms with E-state index in [9.17, 15) is 19.8 Å². The monoisotopic (exact) mass is 842 g/mol. The fraction of sp³-hybridized carbons (Fsp3) is 0.815. The number of rotatable bonds is 46. The Kier molecular flexibility index (Phi) is 46.1. The minimum absolute atomic E-state index is 0.0422. The number of hydrogen-bond acceptors (Lipinski definition) is 5. The maximum absolute atomic E-state index is 13.2. The summed E-state index contributed by atoms with van der Waals surface area (Å²) in [7, 11) is 0. The van der Waals surface area contributed by atoms with Gasteiger partial charge < -0.3 is 20.3 Å². The number of aliphatic hydroxyl groups excluding tert-OH is 2. The van der Waals surface area contributed by atoms with E-state index in [1.54, 1.807) is 0 Å². The van der Waals surface area contributed by atoms with Crippen molar-refractivity contribution < 1.29 is 24.5 Å². The summed E-state index contributed by atoms with van der Waals surface area (Å²) in [5, 5.41) is 23.7. The van der Waals surface area contributed by atoms with Crippen molar-refractivity contribution in [3.63, 3.8) is 0 Å². The molecule has 1 amide bonds. The Morgan fingerprint density at radius 3 is 1.33 bits per heavy atom. The van der Waals surface area contributed by atoms with E-state index in [4.69, 9.17) is 4.74 Å². The fourth-order valence-electron chi connectivity index (χ4n) is 7.78. The summed E-state index contributed by atoms with van der Waals surface area (Å²) in [6, 6.07) is -0.716. The van der Waals surface area contributed by atoms with Gasteiger partial charge in [0, 0.05) is 6.42 Å². The van der Waals surface area contributed by atoms with Crippen molar-refractivity contribution in [1.29, 1.82) is 0 Å². The number of allylic oxidation sites excluding steroid dienone is 8. The van der Waals surface area contributed by atoms with E-state index < -0.39 is 18.2 Å². The molecule has 0 aliphatic heterocycles. The molecule has 0 bridgehead atoms. The largest absolute Gasteiger partial charge is 0.462 e. The maximum atomic E-state index is 13.2. The van der Waals surface area contributed by atoms with Crippen LogP contribution in [0.4, 0.5) is 0 Å². The normalized spacial score (nSPS) is 13.6. The Labute approximate surface area is 372 Å². The van der Waals surface area contributed by atoms with E-state index in [1.165, 1.54) is 135 Å². The number of aliphatic hydroxyl groups is 2. The average molecular weight is 842 g/mol. The van der Waals surface area contributed by atoms with Crippen molar-refractivity contribution in [3.05, 3.63) is 48.6 Å². The van der Waals surface area contributed by atoms with Crippen LogP contribution in [0.25, 0.3) is 0 Å². The molecule has 3 atom stereocenters. The predicted molar refractivity (Wildman–Crippen MR) is 259 cm³/mol. The van der Waals surface area contributed by atoms with Crippen LogP contribution in [0, 0.1) is 0 Å². The van der Waals surface area contributed by atoms with Crippen molar-refractivity contribution in [1.82, 2.24) is 5.32 Å². The van der Waals surface area contributed by atoms with Gasteiger partial charge in [0.25, 0.3) is 0 Å². The molecule has 0 aromatic rings. The molecule has 0 radical (unpaired) electrons. The Morgan fingerprint density at radius 1 is 0.500 bits per heavy atom. The lowest BCUT2D eigenvalue weighted by atomic mass is 10.0. The molecule has 0 fully saturated rings. The molecule has 3 N–H and O–H groups in total. The first-order valence-electron chi connectivity index (χ1n) is 25.9. The zero-order valence-corrected chi connectivity index (χ0v) is 39.8. The van der Waals surface area contributed by atoms with Crippen LogP contribution in [0.3, 0.4) is 0 Å². The molecule has 350 valence electrons. The number of carbonyl (C=O) groups excluding carboxylic acids is 2. The number of carbonyl (C=O) groups is 2. The molecule has 0 heterocycles. The lowest BCUT2D eigenvalue weighted by molar-refractivity contribution is -0.151. The second kappa shape index (κ2) is 47.9. The zero-order chi connectivity index (χ0) is 43.8. The topological polar surface area (TPSA) is 95.9 Å². The number of unbranched alkanes of at least 4 members (excludes halogenated alkanes) is 26. The van der Waals surface area contributed by atoms with Crippen LogP contribution in [0.2, 0.25) is 0 Å². The van der Waals surface area contributed by atoms with Gasteiger partial charge in [-0.15, -0.1) is 0 Å². The minimum atomic E-state index is -0.799. The van der Waals surface area contributed by atoms with E-state index >= 15 is 0 Å². The third-order valence-corrected chi connectivity index (χ3v) is 11.7. The first kappa shape index (κ1) is 57.8. The van der Waals surface area contributed by atoms with Crippen LogP contribution in [0.1, 0.15) is 258 Å². The molecule has 0 saturated heterocycles. The second-order valence-electron chi connectivity index (χ2n) is 17.5. The maximum Gasteiger partial charge on any atom is 0.306 e. The molecular weight excluding hydrogens is 743 g/mol. The predicted octanol–water partition coefficient (Wildman–Crippen LogP) is 15.5. The molecular formula is C54H99NO5. The first-order valence-corrected chi connectivity index (χ1v) is 25.9. The second-order valence-corrected chi connectivity index (χ2v) is 17.5. The van der Waals surface area contributed by atoms with Crippen LogP contribution in [0.15, 0.2) is 48.6 Å². The van der Waals surface area contributed by atoms with Gasteiger partial charge in [-0.25, -0.2) is 0 Å². The SMILES string of the molecule is CC/C=C/C/C=C/C/C=C/C/C=C/CCCC(CC(=O)NC(CO)C(O)CCCCCCCCCCCCC)OC(=O)CCCCCCCCCCCCCCCCCC. The third-order valence-electron chi connectivity index (χ3n) is 11.7. The summed E-state index contributed by atoms with van der Waals surface area (Å²) in [5.74, 6) is -0.520. The highest BCUT2D eigenvalue weighted by Crippen LogP contribution is 2.17. The highest BCUT2D eigenvalue weighted by Gasteiger charge is 2.24. The number of amides is 1. The molecule has 0 saturated carbocycles. The molecule has 6 heteroatoms. The Balaban J connectivity index is 4.63. The first-order chi connectivity index (χ1) is 29.5. The van der Waals surface area contributed by atoms with E-state index in [2.05, 4.69) is 74.7 Å².